The molecular weight excluding hydrogens is 304 g/mol. The van der Waals surface area contributed by atoms with Crippen LogP contribution in [0.3, 0.4) is 0 Å². The van der Waals surface area contributed by atoms with E-state index in [2.05, 4.69) is 10.0 Å². The summed E-state index contributed by atoms with van der Waals surface area (Å²) < 4.78 is 28.1. The topological polar surface area (TPSA) is 58.2 Å². The monoisotopic (exact) mass is 330 g/mol. The summed E-state index contributed by atoms with van der Waals surface area (Å²) in [5.74, 6) is 0.781. The predicted molar refractivity (Wildman–Crippen MR) is 92.9 cm³/mol. The summed E-state index contributed by atoms with van der Waals surface area (Å²) in [6, 6.07) is 3.75. The summed E-state index contributed by atoms with van der Waals surface area (Å²) in [5, 5.41) is 3.22. The van der Waals surface area contributed by atoms with E-state index in [9.17, 15) is 8.42 Å². The second-order valence-electron chi connectivity index (χ2n) is 5.15. The molecule has 1 rings (SSSR count). The molecule has 6 heteroatoms. The van der Waals surface area contributed by atoms with Crippen molar-refractivity contribution in [1.29, 1.82) is 0 Å². The lowest BCUT2D eigenvalue weighted by Gasteiger charge is -2.19. The molecule has 1 aromatic carbocycles. The van der Waals surface area contributed by atoms with Crippen LogP contribution in [0.5, 0.6) is 0 Å². The van der Waals surface area contributed by atoms with Crippen molar-refractivity contribution in [1.82, 2.24) is 4.72 Å². The van der Waals surface area contributed by atoms with E-state index in [0.717, 1.165) is 35.5 Å². The van der Waals surface area contributed by atoms with Crippen LogP contribution in [0, 0.1) is 13.8 Å². The number of anilines is 1. The Morgan fingerprint density at radius 3 is 2.19 bits per heavy atom. The first-order valence-corrected chi connectivity index (χ1v) is 10.1. The van der Waals surface area contributed by atoms with Crippen LogP contribution in [0.15, 0.2) is 17.0 Å². The van der Waals surface area contributed by atoms with Gasteiger partial charge in [-0.2, -0.15) is 11.8 Å². The third-order valence-electron chi connectivity index (χ3n) is 3.29. The number of hydrogen-bond acceptors (Lipinski definition) is 4. The summed E-state index contributed by atoms with van der Waals surface area (Å²) in [4.78, 5) is 0.406. The molecule has 0 aliphatic carbocycles. The molecule has 0 bridgehead atoms. The number of benzene rings is 1. The van der Waals surface area contributed by atoms with Gasteiger partial charge in [0.05, 0.1) is 4.90 Å². The van der Waals surface area contributed by atoms with Gasteiger partial charge in [0.25, 0.3) is 0 Å². The van der Waals surface area contributed by atoms with Gasteiger partial charge in [0, 0.05) is 24.0 Å². The van der Waals surface area contributed by atoms with E-state index < -0.39 is 10.0 Å². The van der Waals surface area contributed by atoms with Crippen LogP contribution in [0.4, 0.5) is 5.69 Å². The summed E-state index contributed by atoms with van der Waals surface area (Å²) in [6.07, 6.45) is 2.77. The molecule has 1 unspecified atom stereocenters. The molecule has 0 saturated carbocycles. The van der Waals surface area contributed by atoms with Gasteiger partial charge in [0.15, 0.2) is 0 Å². The van der Waals surface area contributed by atoms with Gasteiger partial charge in [0.1, 0.15) is 0 Å². The molecule has 0 fully saturated rings. The fourth-order valence-corrected chi connectivity index (χ4v) is 4.99. The summed E-state index contributed by atoms with van der Waals surface area (Å²) in [5.41, 5.74) is 2.51. The first-order chi connectivity index (χ1) is 9.85. The maximum atomic E-state index is 12.6. The van der Waals surface area contributed by atoms with Crippen molar-refractivity contribution in [3.05, 3.63) is 23.3 Å². The average Bonchev–Trinajstić information content (AvgIpc) is 2.37. The van der Waals surface area contributed by atoms with E-state index in [0.29, 0.717) is 4.90 Å². The zero-order valence-electron chi connectivity index (χ0n) is 13.5. The maximum absolute atomic E-state index is 12.6. The third-order valence-corrected chi connectivity index (χ3v) is 5.85. The van der Waals surface area contributed by atoms with Gasteiger partial charge in [0.2, 0.25) is 10.0 Å². The molecule has 0 saturated heterocycles. The minimum atomic E-state index is -3.48. The van der Waals surface area contributed by atoms with Crippen molar-refractivity contribution in [2.75, 3.05) is 23.9 Å². The van der Waals surface area contributed by atoms with Gasteiger partial charge < -0.3 is 5.32 Å². The molecular formula is C15H26N2O2S2. The Kier molecular flexibility index (Phi) is 7.03. The minimum absolute atomic E-state index is 0.0303. The fourth-order valence-electron chi connectivity index (χ4n) is 2.40. The molecule has 0 heterocycles. The van der Waals surface area contributed by atoms with Gasteiger partial charge in [-0.1, -0.05) is 6.92 Å². The molecule has 0 aliphatic rings. The Hall–Kier alpha value is -0.720. The standard InChI is InChI=1S/C15H26N2O2S2/c1-6-13(10-20-5)17-21(18,19)15-11(3)8-14(16-7-2)9-12(15)4/h8-9,13,16-17H,6-7,10H2,1-5H3. The van der Waals surface area contributed by atoms with E-state index in [-0.39, 0.29) is 6.04 Å². The molecule has 0 radical (unpaired) electrons. The minimum Gasteiger partial charge on any atom is -0.385 e. The van der Waals surface area contributed by atoms with Gasteiger partial charge >= 0.3 is 0 Å². The lowest BCUT2D eigenvalue weighted by molar-refractivity contribution is 0.557. The second kappa shape index (κ2) is 8.06. The van der Waals surface area contributed by atoms with Crippen LogP contribution in [0.1, 0.15) is 31.4 Å². The SMILES string of the molecule is CCNc1cc(C)c(S(=O)(=O)NC(CC)CSC)c(C)c1. The zero-order valence-corrected chi connectivity index (χ0v) is 15.1. The first kappa shape index (κ1) is 18.3. The second-order valence-corrected chi connectivity index (χ2v) is 7.71. The summed E-state index contributed by atoms with van der Waals surface area (Å²) in [6.45, 7) is 8.52. The molecule has 0 spiro atoms. The largest absolute Gasteiger partial charge is 0.385 e. The Labute approximate surface area is 133 Å². The highest BCUT2D eigenvalue weighted by atomic mass is 32.2. The van der Waals surface area contributed by atoms with E-state index in [4.69, 9.17) is 0 Å². The fraction of sp³-hybridized carbons (Fsp3) is 0.600. The van der Waals surface area contributed by atoms with Crippen LogP contribution in [-0.4, -0.2) is 33.0 Å². The molecule has 4 nitrogen and oxygen atoms in total. The quantitative estimate of drug-likeness (QED) is 0.769. The molecule has 1 aromatic rings. The van der Waals surface area contributed by atoms with Crippen molar-refractivity contribution >= 4 is 27.5 Å². The Morgan fingerprint density at radius 2 is 1.76 bits per heavy atom. The van der Waals surface area contributed by atoms with Gasteiger partial charge in [-0.05, 0) is 56.7 Å². The third kappa shape index (κ3) is 4.90. The van der Waals surface area contributed by atoms with E-state index >= 15 is 0 Å². The van der Waals surface area contributed by atoms with Gasteiger partial charge in [-0.25, -0.2) is 13.1 Å². The number of sulfonamides is 1. The van der Waals surface area contributed by atoms with Gasteiger partial charge in [-0.3, -0.25) is 0 Å². The lowest BCUT2D eigenvalue weighted by atomic mass is 10.1. The van der Waals surface area contributed by atoms with Crippen molar-refractivity contribution in [3.8, 4) is 0 Å². The highest BCUT2D eigenvalue weighted by molar-refractivity contribution is 7.98. The van der Waals surface area contributed by atoms with Crippen molar-refractivity contribution < 1.29 is 8.42 Å². The molecule has 0 amide bonds. The van der Waals surface area contributed by atoms with E-state index in [1.165, 1.54) is 0 Å². The Balaban J connectivity index is 3.13. The maximum Gasteiger partial charge on any atom is 0.241 e. The number of rotatable bonds is 8. The van der Waals surface area contributed by atoms with Crippen LogP contribution in [-0.2, 0) is 10.0 Å². The summed E-state index contributed by atoms with van der Waals surface area (Å²) in [7, 11) is -3.48. The Morgan fingerprint density at radius 1 is 1.19 bits per heavy atom. The number of hydrogen-bond donors (Lipinski definition) is 2. The Bertz CT molecular complexity index is 548. The highest BCUT2D eigenvalue weighted by Gasteiger charge is 2.23. The van der Waals surface area contributed by atoms with Crippen LogP contribution >= 0.6 is 11.8 Å². The van der Waals surface area contributed by atoms with Crippen LogP contribution < -0.4 is 10.0 Å². The van der Waals surface area contributed by atoms with Crippen LogP contribution in [0.2, 0.25) is 0 Å². The number of aryl methyl sites for hydroxylation is 2. The average molecular weight is 331 g/mol. The highest BCUT2D eigenvalue weighted by Crippen LogP contribution is 2.25. The number of nitrogens with one attached hydrogen (secondary N) is 2. The lowest BCUT2D eigenvalue weighted by Crippen LogP contribution is -2.36. The molecule has 21 heavy (non-hydrogen) atoms. The number of thioether (sulfide) groups is 1. The van der Waals surface area contributed by atoms with Crippen molar-refractivity contribution in [3.63, 3.8) is 0 Å². The molecule has 1 atom stereocenters. The molecule has 0 aliphatic heterocycles. The van der Waals surface area contributed by atoms with Gasteiger partial charge in [-0.15, -0.1) is 0 Å². The molecule has 2 N–H and O–H groups in total. The van der Waals surface area contributed by atoms with E-state index in [1.807, 2.05) is 46.1 Å². The summed E-state index contributed by atoms with van der Waals surface area (Å²) >= 11 is 1.65. The smallest absolute Gasteiger partial charge is 0.241 e. The first-order valence-electron chi connectivity index (χ1n) is 7.22. The zero-order chi connectivity index (χ0) is 16.0. The molecule has 0 aromatic heterocycles. The normalized spacial score (nSPS) is 13.2. The van der Waals surface area contributed by atoms with Crippen molar-refractivity contribution in [2.45, 2.75) is 45.1 Å². The molecule has 120 valence electrons. The predicted octanol–water partition coefficient (Wildman–Crippen LogP) is 3.16. The van der Waals surface area contributed by atoms with Crippen LogP contribution in [0.25, 0.3) is 0 Å². The van der Waals surface area contributed by atoms with E-state index in [1.54, 1.807) is 11.8 Å². The van der Waals surface area contributed by atoms with Crippen molar-refractivity contribution in [2.24, 2.45) is 0 Å².